The molecule has 2 rings (SSSR count). The Labute approximate surface area is 104 Å². The molecular weight excluding hydrogens is 236 g/mol. The molecule has 1 aromatic heterocycles. The molecule has 0 bridgehead atoms. The maximum absolute atomic E-state index is 5.10. The van der Waals surface area contributed by atoms with Gasteiger partial charge < -0.3 is 10.1 Å². The van der Waals surface area contributed by atoms with Crippen LogP contribution in [0.4, 0.5) is 5.95 Å². The highest BCUT2D eigenvalue weighted by Crippen LogP contribution is 2.13. The van der Waals surface area contributed by atoms with Crippen molar-refractivity contribution in [3.63, 3.8) is 0 Å². The van der Waals surface area contributed by atoms with E-state index in [0.29, 0.717) is 12.5 Å². The van der Waals surface area contributed by atoms with E-state index in [1.165, 1.54) is 11.8 Å². The number of thioether (sulfide) groups is 1. The zero-order valence-electron chi connectivity index (χ0n) is 9.73. The van der Waals surface area contributed by atoms with E-state index in [4.69, 9.17) is 4.74 Å². The monoisotopic (exact) mass is 250 g/mol. The third-order valence-electron chi connectivity index (χ3n) is 2.27. The van der Waals surface area contributed by atoms with Gasteiger partial charge in [0.15, 0.2) is 0 Å². The molecule has 0 unspecified atom stereocenters. The summed E-state index contributed by atoms with van der Waals surface area (Å²) in [5, 5.41) is 10.8. The lowest BCUT2D eigenvalue weighted by molar-refractivity contribution is 0.414. The topological polar surface area (TPSA) is 62.8 Å². The second-order valence-corrected chi connectivity index (χ2v) is 4.15. The van der Waals surface area contributed by atoms with E-state index in [1.807, 2.05) is 30.5 Å². The molecule has 0 spiro atoms. The number of hydrogen-bond donors (Lipinski definition) is 2. The molecule has 2 N–H and O–H groups in total. The zero-order valence-corrected chi connectivity index (χ0v) is 10.5. The Kier molecular flexibility index (Phi) is 3.87. The minimum Gasteiger partial charge on any atom is -0.497 e. The first-order valence-electron chi connectivity index (χ1n) is 5.15. The van der Waals surface area contributed by atoms with Crippen molar-refractivity contribution in [3.05, 3.63) is 29.8 Å². The van der Waals surface area contributed by atoms with Gasteiger partial charge in [-0.25, -0.2) is 5.10 Å². The van der Waals surface area contributed by atoms with Gasteiger partial charge in [0.25, 0.3) is 0 Å². The maximum Gasteiger partial charge on any atom is 0.219 e. The minimum absolute atomic E-state index is 0.685. The Balaban J connectivity index is 1.92. The van der Waals surface area contributed by atoms with Crippen molar-refractivity contribution in [1.82, 2.24) is 15.2 Å². The highest BCUT2D eigenvalue weighted by Gasteiger charge is 2.01. The lowest BCUT2D eigenvalue weighted by Gasteiger charge is -2.04. The number of nitrogens with zero attached hydrogens (tertiary/aromatic N) is 2. The van der Waals surface area contributed by atoms with Crippen LogP contribution < -0.4 is 10.1 Å². The molecule has 17 heavy (non-hydrogen) atoms. The third kappa shape index (κ3) is 3.13. The molecule has 0 fully saturated rings. The Morgan fingerprint density at radius 2 is 2.12 bits per heavy atom. The van der Waals surface area contributed by atoms with Crippen LogP contribution in [0.15, 0.2) is 29.4 Å². The second-order valence-electron chi connectivity index (χ2n) is 3.37. The molecule has 1 heterocycles. The number of rotatable bonds is 5. The first-order chi connectivity index (χ1) is 8.31. The largest absolute Gasteiger partial charge is 0.497 e. The van der Waals surface area contributed by atoms with E-state index < -0.39 is 0 Å². The van der Waals surface area contributed by atoms with Crippen LogP contribution in [0, 0.1) is 0 Å². The number of hydrogen-bond acceptors (Lipinski definition) is 5. The van der Waals surface area contributed by atoms with Crippen molar-refractivity contribution in [1.29, 1.82) is 0 Å². The third-order valence-corrected chi connectivity index (χ3v) is 2.81. The van der Waals surface area contributed by atoms with Gasteiger partial charge in [0.2, 0.25) is 11.1 Å². The quantitative estimate of drug-likeness (QED) is 0.796. The number of anilines is 1. The molecule has 1 aromatic carbocycles. The van der Waals surface area contributed by atoms with Gasteiger partial charge in [-0.1, -0.05) is 23.9 Å². The number of ether oxygens (including phenoxy) is 1. The van der Waals surface area contributed by atoms with Crippen LogP contribution >= 0.6 is 11.8 Å². The van der Waals surface area contributed by atoms with E-state index in [2.05, 4.69) is 20.5 Å². The fourth-order valence-corrected chi connectivity index (χ4v) is 1.67. The van der Waals surface area contributed by atoms with Crippen LogP contribution in [0.1, 0.15) is 5.56 Å². The number of benzene rings is 1. The number of aromatic amines is 1. The zero-order chi connectivity index (χ0) is 12.1. The van der Waals surface area contributed by atoms with Gasteiger partial charge in [-0.05, 0) is 24.0 Å². The van der Waals surface area contributed by atoms with Gasteiger partial charge in [-0.2, -0.15) is 4.98 Å². The van der Waals surface area contributed by atoms with E-state index in [1.54, 1.807) is 7.11 Å². The summed E-state index contributed by atoms with van der Waals surface area (Å²) in [5.74, 6) is 1.54. The predicted octanol–water partition coefficient (Wildman–Crippen LogP) is 2.15. The summed E-state index contributed by atoms with van der Waals surface area (Å²) in [4.78, 5) is 4.24. The van der Waals surface area contributed by atoms with Gasteiger partial charge >= 0.3 is 0 Å². The first kappa shape index (κ1) is 11.8. The Morgan fingerprint density at radius 1 is 1.35 bits per heavy atom. The van der Waals surface area contributed by atoms with Crippen molar-refractivity contribution in [2.24, 2.45) is 0 Å². The average Bonchev–Trinajstić information content (AvgIpc) is 2.85. The van der Waals surface area contributed by atoms with E-state index in [-0.39, 0.29) is 0 Å². The van der Waals surface area contributed by atoms with Crippen molar-refractivity contribution in [2.75, 3.05) is 18.7 Å². The van der Waals surface area contributed by atoms with Gasteiger partial charge in [-0.15, -0.1) is 5.10 Å². The molecule has 0 saturated heterocycles. The summed E-state index contributed by atoms with van der Waals surface area (Å²) < 4.78 is 5.10. The van der Waals surface area contributed by atoms with Crippen LogP contribution in [-0.2, 0) is 6.54 Å². The minimum atomic E-state index is 0.685. The molecule has 0 saturated carbocycles. The molecule has 90 valence electrons. The smallest absolute Gasteiger partial charge is 0.219 e. The Bertz CT molecular complexity index is 469. The molecule has 6 heteroatoms. The molecule has 0 aliphatic rings. The highest BCUT2D eigenvalue weighted by molar-refractivity contribution is 7.98. The maximum atomic E-state index is 5.10. The Hall–Kier alpha value is -1.69. The predicted molar refractivity (Wildman–Crippen MR) is 68.5 cm³/mol. The first-order valence-corrected chi connectivity index (χ1v) is 6.37. The fraction of sp³-hybridized carbons (Fsp3) is 0.273. The molecule has 2 aromatic rings. The van der Waals surface area contributed by atoms with Crippen molar-refractivity contribution >= 4 is 17.7 Å². The van der Waals surface area contributed by atoms with Gasteiger partial charge in [0.05, 0.1) is 7.11 Å². The number of methoxy groups -OCH3 is 1. The molecule has 0 aliphatic heterocycles. The molecular formula is C11H14N4OS. The summed E-state index contributed by atoms with van der Waals surface area (Å²) in [6, 6.07) is 7.89. The van der Waals surface area contributed by atoms with Gasteiger partial charge in [-0.3, -0.25) is 0 Å². The summed E-state index contributed by atoms with van der Waals surface area (Å²) in [6.07, 6.45) is 1.94. The summed E-state index contributed by atoms with van der Waals surface area (Å²) in [7, 11) is 1.66. The number of nitrogens with one attached hydrogen (secondary N) is 2. The molecule has 0 amide bonds. The SMILES string of the molecule is COc1ccc(CNc2nc(SC)n[nH]2)cc1. The lowest BCUT2D eigenvalue weighted by Crippen LogP contribution is -2.00. The van der Waals surface area contributed by atoms with Crippen LogP contribution in [0.2, 0.25) is 0 Å². The normalized spacial score (nSPS) is 10.2. The standard InChI is InChI=1S/C11H14N4OS/c1-16-9-5-3-8(4-6-9)7-12-10-13-11(17-2)15-14-10/h3-6H,7H2,1-2H3,(H2,12,13,14,15). The summed E-state index contributed by atoms with van der Waals surface area (Å²) in [5.41, 5.74) is 1.16. The molecule has 0 atom stereocenters. The summed E-state index contributed by atoms with van der Waals surface area (Å²) in [6.45, 7) is 0.701. The van der Waals surface area contributed by atoms with Gasteiger partial charge in [0.1, 0.15) is 5.75 Å². The average molecular weight is 250 g/mol. The van der Waals surface area contributed by atoms with Crippen LogP contribution in [0.5, 0.6) is 5.75 Å². The van der Waals surface area contributed by atoms with E-state index in [9.17, 15) is 0 Å². The van der Waals surface area contributed by atoms with Crippen molar-refractivity contribution < 1.29 is 4.74 Å². The highest BCUT2D eigenvalue weighted by atomic mass is 32.2. The second kappa shape index (κ2) is 5.58. The van der Waals surface area contributed by atoms with Crippen LogP contribution in [0.3, 0.4) is 0 Å². The molecule has 5 nitrogen and oxygen atoms in total. The van der Waals surface area contributed by atoms with Crippen molar-refractivity contribution in [2.45, 2.75) is 11.7 Å². The lowest BCUT2D eigenvalue weighted by atomic mass is 10.2. The summed E-state index contributed by atoms with van der Waals surface area (Å²) >= 11 is 1.51. The Morgan fingerprint density at radius 3 is 2.71 bits per heavy atom. The van der Waals surface area contributed by atoms with Crippen LogP contribution in [-0.4, -0.2) is 28.5 Å². The van der Waals surface area contributed by atoms with E-state index >= 15 is 0 Å². The van der Waals surface area contributed by atoms with E-state index in [0.717, 1.165) is 16.5 Å². The number of aromatic nitrogens is 3. The van der Waals surface area contributed by atoms with Crippen LogP contribution in [0.25, 0.3) is 0 Å². The van der Waals surface area contributed by atoms with Gasteiger partial charge in [0, 0.05) is 6.54 Å². The molecule has 0 aliphatic carbocycles. The molecule has 0 radical (unpaired) electrons. The number of H-pyrrole nitrogens is 1. The fourth-order valence-electron chi connectivity index (χ4n) is 1.35. The van der Waals surface area contributed by atoms with Crippen molar-refractivity contribution in [3.8, 4) is 5.75 Å².